The summed E-state index contributed by atoms with van der Waals surface area (Å²) in [6.07, 6.45) is 4.77. The average Bonchev–Trinajstić information content (AvgIpc) is 3.33. The number of aromatic amines is 1. The van der Waals surface area contributed by atoms with Crippen LogP contribution in [0.1, 0.15) is 36.5 Å². The van der Waals surface area contributed by atoms with Crippen molar-refractivity contribution < 1.29 is 18.3 Å². The van der Waals surface area contributed by atoms with Crippen LogP contribution in [0.2, 0.25) is 5.02 Å². The summed E-state index contributed by atoms with van der Waals surface area (Å²) in [6.45, 7) is 3.87. The number of halogens is 3. The number of aromatic nitrogens is 2. The predicted molar refractivity (Wildman–Crippen MR) is 161 cm³/mol. The van der Waals surface area contributed by atoms with Gasteiger partial charge < -0.3 is 15.0 Å². The molecule has 0 aliphatic rings. The number of ether oxygens (including phenoxy) is 1. The Balaban J connectivity index is 1.53. The molecule has 6 nitrogen and oxygen atoms in total. The summed E-state index contributed by atoms with van der Waals surface area (Å²) in [5.41, 5.74) is 4.67. The lowest BCUT2D eigenvalue weighted by Crippen LogP contribution is -2.22. The number of allylic oxidation sites excluding steroid dienone is 1. The smallest absolute Gasteiger partial charge is 0.245 e. The first-order valence-corrected chi connectivity index (χ1v) is 13.8. The van der Waals surface area contributed by atoms with Gasteiger partial charge in [0, 0.05) is 20.6 Å². The molecule has 9 heteroatoms. The predicted octanol–water partition coefficient (Wildman–Crippen LogP) is 6.87. The van der Waals surface area contributed by atoms with Crippen LogP contribution in [0.25, 0.3) is 22.0 Å². The van der Waals surface area contributed by atoms with E-state index in [1.165, 1.54) is 17.0 Å². The topological polar surface area (TPSA) is 70.2 Å². The van der Waals surface area contributed by atoms with Crippen LogP contribution in [0.4, 0.5) is 8.78 Å². The van der Waals surface area contributed by atoms with Crippen molar-refractivity contribution in [2.75, 3.05) is 33.8 Å². The van der Waals surface area contributed by atoms with Gasteiger partial charge in [-0.1, -0.05) is 48.9 Å². The highest BCUT2D eigenvalue weighted by molar-refractivity contribution is 6.32. The highest BCUT2D eigenvalue weighted by Crippen LogP contribution is 2.38. The Kier molecular flexibility index (Phi) is 10.3. The third-order valence-electron chi connectivity index (χ3n) is 6.59. The fourth-order valence-electron chi connectivity index (χ4n) is 4.49. The molecule has 0 radical (unpaired) electrons. The molecule has 1 amide bonds. The number of nitrogens with one attached hydrogen (secondary N) is 2. The van der Waals surface area contributed by atoms with Gasteiger partial charge in [0.1, 0.15) is 18.2 Å². The quantitative estimate of drug-likeness (QED) is 0.109. The average molecular weight is 579 g/mol. The molecule has 1 heterocycles. The van der Waals surface area contributed by atoms with Crippen molar-refractivity contribution >= 4 is 39.6 Å². The molecule has 1 aromatic heterocycles. The lowest BCUT2D eigenvalue weighted by atomic mass is 9.87. The van der Waals surface area contributed by atoms with Gasteiger partial charge in [-0.3, -0.25) is 9.89 Å². The highest BCUT2D eigenvalue weighted by Gasteiger charge is 2.17. The van der Waals surface area contributed by atoms with Gasteiger partial charge in [-0.25, -0.2) is 4.39 Å². The first kappa shape index (κ1) is 30.0. The van der Waals surface area contributed by atoms with Gasteiger partial charge >= 0.3 is 0 Å². The van der Waals surface area contributed by atoms with E-state index in [1.54, 1.807) is 38.4 Å². The highest BCUT2D eigenvalue weighted by atomic mass is 35.5. The third-order valence-corrected chi connectivity index (χ3v) is 6.90. The number of carbonyl (C=O) groups excluding carboxylic acids is 1. The first-order chi connectivity index (χ1) is 19.8. The number of hydrogen-bond acceptors (Lipinski definition) is 4. The summed E-state index contributed by atoms with van der Waals surface area (Å²) < 4.78 is 34.2. The van der Waals surface area contributed by atoms with Crippen LogP contribution in [0.3, 0.4) is 0 Å². The van der Waals surface area contributed by atoms with E-state index >= 15 is 0 Å². The molecule has 0 atom stereocenters. The van der Waals surface area contributed by atoms with Crippen molar-refractivity contribution in [3.05, 3.63) is 106 Å². The Labute approximate surface area is 243 Å². The Bertz CT molecular complexity index is 1560. The van der Waals surface area contributed by atoms with Gasteiger partial charge in [0.15, 0.2) is 0 Å². The molecular formula is C32H33ClF2N4O2. The van der Waals surface area contributed by atoms with Crippen LogP contribution >= 0.6 is 11.6 Å². The van der Waals surface area contributed by atoms with Crippen molar-refractivity contribution in [1.82, 2.24) is 20.4 Å². The van der Waals surface area contributed by atoms with E-state index in [4.69, 9.17) is 16.3 Å². The molecule has 0 bridgehead atoms. The number of H-pyrrole nitrogens is 1. The molecular weight excluding hydrogens is 546 g/mol. The monoisotopic (exact) mass is 578 g/mol. The number of amides is 1. The van der Waals surface area contributed by atoms with Crippen LogP contribution in [0, 0.1) is 11.8 Å². The lowest BCUT2D eigenvalue weighted by molar-refractivity contribution is -0.123. The van der Waals surface area contributed by atoms with Crippen LogP contribution in [-0.2, 0) is 4.79 Å². The summed E-state index contributed by atoms with van der Waals surface area (Å²) in [5, 5.41) is 10.4. The summed E-state index contributed by atoms with van der Waals surface area (Å²) in [5.74, 6) is -0.240. The van der Waals surface area contributed by atoms with Gasteiger partial charge in [0.2, 0.25) is 11.9 Å². The van der Waals surface area contributed by atoms with E-state index in [0.29, 0.717) is 46.8 Å². The largest absolute Gasteiger partial charge is 0.492 e. The Morgan fingerprint density at radius 3 is 2.51 bits per heavy atom. The van der Waals surface area contributed by atoms with Crippen molar-refractivity contribution in [3.63, 3.8) is 0 Å². The number of likely N-dealkylation sites (N-methyl/N-ethyl adjacent to an activating group) is 1. The van der Waals surface area contributed by atoms with Crippen LogP contribution in [0.15, 0.2) is 72.8 Å². The van der Waals surface area contributed by atoms with Crippen molar-refractivity contribution in [3.8, 4) is 5.75 Å². The second kappa shape index (κ2) is 14.1. The Morgan fingerprint density at radius 2 is 1.80 bits per heavy atom. The van der Waals surface area contributed by atoms with Crippen LogP contribution < -0.4 is 10.1 Å². The van der Waals surface area contributed by atoms with Crippen molar-refractivity contribution in [2.45, 2.75) is 19.8 Å². The molecule has 0 fully saturated rings. The second-order valence-corrected chi connectivity index (χ2v) is 10.1. The summed E-state index contributed by atoms with van der Waals surface area (Å²) in [7, 11) is 3.44. The molecule has 214 valence electrons. The molecule has 4 aromatic rings. The fourth-order valence-corrected chi connectivity index (χ4v) is 4.77. The maximum absolute atomic E-state index is 14.4. The molecule has 0 unspecified atom stereocenters. The zero-order chi connectivity index (χ0) is 29.4. The Morgan fingerprint density at radius 1 is 1.05 bits per heavy atom. The number of carbonyl (C=O) groups is 1. The van der Waals surface area contributed by atoms with E-state index in [9.17, 15) is 13.6 Å². The van der Waals surface area contributed by atoms with E-state index in [-0.39, 0.29) is 5.91 Å². The maximum atomic E-state index is 14.4. The molecule has 0 spiro atoms. The van der Waals surface area contributed by atoms with Crippen molar-refractivity contribution in [1.29, 1.82) is 0 Å². The van der Waals surface area contributed by atoms with Crippen molar-refractivity contribution in [2.24, 2.45) is 0 Å². The number of hydrogen-bond donors (Lipinski definition) is 2. The summed E-state index contributed by atoms with van der Waals surface area (Å²) >= 11 is 6.49. The van der Waals surface area contributed by atoms with Gasteiger partial charge in [0.25, 0.3) is 0 Å². The zero-order valence-electron chi connectivity index (χ0n) is 23.3. The Hall–Kier alpha value is -4.01. The lowest BCUT2D eigenvalue weighted by Gasteiger charge is -2.18. The second-order valence-electron chi connectivity index (χ2n) is 9.65. The normalized spacial score (nSPS) is 12.1. The first-order valence-electron chi connectivity index (χ1n) is 13.4. The summed E-state index contributed by atoms with van der Waals surface area (Å²) in [6, 6.07) is 17.5. The number of benzene rings is 3. The maximum Gasteiger partial charge on any atom is 0.245 e. The third kappa shape index (κ3) is 7.60. The van der Waals surface area contributed by atoms with E-state index in [2.05, 4.69) is 15.5 Å². The fraction of sp³-hybridized carbons (Fsp3) is 0.250. The minimum atomic E-state index is -0.505. The number of fused-ring (bicyclic) bond motifs is 1. The minimum absolute atomic E-state index is 0.0317. The van der Waals surface area contributed by atoms with Gasteiger partial charge in [-0.2, -0.15) is 9.49 Å². The molecule has 0 saturated heterocycles. The molecule has 4 rings (SSSR count). The molecule has 2 N–H and O–H groups in total. The molecule has 0 aliphatic carbocycles. The van der Waals surface area contributed by atoms with Crippen LogP contribution in [0.5, 0.6) is 5.75 Å². The van der Waals surface area contributed by atoms with Crippen LogP contribution in [-0.4, -0.2) is 54.8 Å². The van der Waals surface area contributed by atoms with Gasteiger partial charge in [0.05, 0.1) is 15.9 Å². The SMILES string of the molecule is CCC(=C(c1ccc(OCCNCCC=CC(=O)N(C)C)cc1)c1ccc2n[nH]c(F)c2c1)c1ccc(F)cc1Cl. The van der Waals surface area contributed by atoms with E-state index < -0.39 is 11.8 Å². The molecule has 0 saturated carbocycles. The number of nitrogens with zero attached hydrogens (tertiary/aromatic N) is 2. The zero-order valence-corrected chi connectivity index (χ0v) is 24.1. The van der Waals surface area contributed by atoms with E-state index in [1.807, 2.05) is 43.3 Å². The number of rotatable bonds is 12. The molecule has 41 heavy (non-hydrogen) atoms. The van der Waals surface area contributed by atoms with Gasteiger partial charge in [-0.15, -0.1) is 0 Å². The van der Waals surface area contributed by atoms with E-state index in [0.717, 1.165) is 35.2 Å². The van der Waals surface area contributed by atoms with Gasteiger partial charge in [-0.05, 0) is 89.7 Å². The summed E-state index contributed by atoms with van der Waals surface area (Å²) in [4.78, 5) is 13.1. The molecule has 0 aliphatic heterocycles. The molecule has 3 aromatic carbocycles. The standard InChI is InChI=1S/C32H33ClF2N4O2/c1-4-25(26-14-11-23(34)20-28(26)33)31(22-10-15-29-27(19-22)32(35)38-37-29)21-8-12-24(13-9-21)41-18-17-36-16-6-5-7-30(40)39(2)3/h5,7-15,19-20,36H,4,6,16-18H2,1-3H3,(H,37,38). The minimum Gasteiger partial charge on any atom is -0.492 e.